The van der Waals surface area contributed by atoms with Crippen molar-refractivity contribution in [3.8, 4) is 11.1 Å². The molecule has 3 aromatic carbocycles. The Hall–Kier alpha value is -2.34. The highest BCUT2D eigenvalue weighted by Crippen LogP contribution is 2.27. The minimum Gasteiger partial charge on any atom is -0.0622 e. The second-order valence-electron chi connectivity index (χ2n) is 6.08. The van der Waals surface area contributed by atoms with Gasteiger partial charge in [-0.3, -0.25) is 0 Å². The summed E-state index contributed by atoms with van der Waals surface area (Å²) in [6.07, 6.45) is 0.989. The van der Waals surface area contributed by atoms with Gasteiger partial charge in [0, 0.05) is 0 Å². The summed E-state index contributed by atoms with van der Waals surface area (Å²) < 4.78 is 0. The fraction of sp³-hybridized carbons (Fsp3) is 0.182. The maximum atomic E-state index is 2.29. The van der Waals surface area contributed by atoms with Gasteiger partial charge in [-0.25, -0.2) is 0 Å². The van der Waals surface area contributed by atoms with E-state index in [0.717, 1.165) is 6.42 Å². The van der Waals surface area contributed by atoms with Gasteiger partial charge in [-0.2, -0.15) is 0 Å². The van der Waals surface area contributed by atoms with Crippen molar-refractivity contribution >= 4 is 0 Å². The van der Waals surface area contributed by atoms with E-state index in [-0.39, 0.29) is 0 Å². The molecule has 0 nitrogen and oxygen atoms in total. The molecule has 0 aliphatic heterocycles. The van der Waals surface area contributed by atoms with Gasteiger partial charge in [0.2, 0.25) is 0 Å². The summed E-state index contributed by atoms with van der Waals surface area (Å²) in [5.74, 6) is 0. The highest BCUT2D eigenvalue weighted by Gasteiger charge is 2.09. The lowest BCUT2D eigenvalue weighted by atomic mass is 9.90. The Morgan fingerprint density at radius 2 is 1.27 bits per heavy atom. The molecule has 0 heteroatoms. The molecule has 22 heavy (non-hydrogen) atoms. The van der Waals surface area contributed by atoms with Crippen LogP contribution < -0.4 is 0 Å². The molecule has 0 saturated heterocycles. The van der Waals surface area contributed by atoms with Crippen LogP contribution in [0.25, 0.3) is 11.1 Å². The third kappa shape index (κ3) is 2.96. The van der Waals surface area contributed by atoms with Crippen molar-refractivity contribution in [2.45, 2.75) is 27.2 Å². The van der Waals surface area contributed by atoms with E-state index in [0.29, 0.717) is 0 Å². The van der Waals surface area contributed by atoms with Crippen molar-refractivity contribution < 1.29 is 0 Å². The number of rotatable bonds is 3. The topological polar surface area (TPSA) is 0 Å². The van der Waals surface area contributed by atoms with Crippen LogP contribution in [0.15, 0.2) is 66.7 Å². The van der Waals surface area contributed by atoms with Crippen LogP contribution >= 0.6 is 0 Å². The predicted molar refractivity (Wildman–Crippen MR) is 95.3 cm³/mol. The zero-order valence-electron chi connectivity index (χ0n) is 13.6. The summed E-state index contributed by atoms with van der Waals surface area (Å²) in [7, 11) is 0. The Labute approximate surface area is 133 Å². The Morgan fingerprint density at radius 3 is 1.95 bits per heavy atom. The molecule has 0 amide bonds. The van der Waals surface area contributed by atoms with Crippen LogP contribution in [-0.2, 0) is 6.42 Å². The standard InChI is InChI=1S/C22H22/c1-16-13-17(2)22(18(3)14-16)15-20-11-7-8-12-21(20)19-9-5-4-6-10-19/h4-14H,15H2,1-3H3. The Morgan fingerprint density at radius 1 is 0.682 bits per heavy atom. The van der Waals surface area contributed by atoms with Crippen LogP contribution in [0.5, 0.6) is 0 Å². The Balaban J connectivity index is 2.04. The minimum absolute atomic E-state index is 0.989. The highest BCUT2D eigenvalue weighted by molar-refractivity contribution is 5.68. The maximum absolute atomic E-state index is 2.29. The molecule has 0 atom stereocenters. The molecule has 0 fully saturated rings. The molecule has 0 radical (unpaired) electrons. The molecule has 0 N–H and O–H groups in total. The van der Waals surface area contributed by atoms with Crippen molar-refractivity contribution in [1.29, 1.82) is 0 Å². The first-order valence-corrected chi connectivity index (χ1v) is 7.85. The molecule has 0 unspecified atom stereocenters. The van der Waals surface area contributed by atoms with Crippen LogP contribution in [-0.4, -0.2) is 0 Å². The zero-order valence-corrected chi connectivity index (χ0v) is 13.6. The van der Waals surface area contributed by atoms with Crippen molar-refractivity contribution in [3.05, 3.63) is 94.5 Å². The third-order valence-electron chi connectivity index (χ3n) is 4.31. The highest BCUT2D eigenvalue weighted by atomic mass is 14.1. The fourth-order valence-electron chi connectivity index (χ4n) is 3.25. The number of benzene rings is 3. The summed E-state index contributed by atoms with van der Waals surface area (Å²) >= 11 is 0. The van der Waals surface area contributed by atoms with Gasteiger partial charge in [-0.1, -0.05) is 72.3 Å². The van der Waals surface area contributed by atoms with E-state index in [1.165, 1.54) is 38.9 Å². The van der Waals surface area contributed by atoms with E-state index in [1.807, 2.05) is 0 Å². The predicted octanol–water partition coefficient (Wildman–Crippen LogP) is 5.87. The molecule has 0 aliphatic rings. The fourth-order valence-corrected chi connectivity index (χ4v) is 3.25. The van der Waals surface area contributed by atoms with E-state index in [4.69, 9.17) is 0 Å². The number of aryl methyl sites for hydroxylation is 3. The average Bonchev–Trinajstić information content (AvgIpc) is 2.52. The van der Waals surface area contributed by atoms with Crippen LogP contribution in [0.1, 0.15) is 27.8 Å². The summed E-state index contributed by atoms with van der Waals surface area (Å²) in [4.78, 5) is 0. The van der Waals surface area contributed by atoms with Gasteiger partial charge in [0.1, 0.15) is 0 Å². The second kappa shape index (κ2) is 6.19. The molecule has 0 aromatic heterocycles. The molecule has 110 valence electrons. The monoisotopic (exact) mass is 286 g/mol. The van der Waals surface area contributed by atoms with E-state index in [1.54, 1.807) is 0 Å². The Kier molecular flexibility index (Phi) is 4.11. The number of hydrogen-bond acceptors (Lipinski definition) is 0. The molecule has 0 heterocycles. The van der Waals surface area contributed by atoms with Gasteiger partial charge in [0.15, 0.2) is 0 Å². The largest absolute Gasteiger partial charge is 0.0622 e. The van der Waals surface area contributed by atoms with E-state index in [9.17, 15) is 0 Å². The lowest BCUT2D eigenvalue weighted by molar-refractivity contribution is 1.11. The van der Waals surface area contributed by atoms with Crippen LogP contribution in [0.3, 0.4) is 0 Å². The smallest absolute Gasteiger partial charge is 0.00144 e. The molecule has 0 spiro atoms. The third-order valence-corrected chi connectivity index (χ3v) is 4.31. The Bertz CT molecular complexity index is 759. The second-order valence-corrected chi connectivity index (χ2v) is 6.08. The number of hydrogen-bond donors (Lipinski definition) is 0. The molecule has 0 aliphatic carbocycles. The quantitative estimate of drug-likeness (QED) is 0.565. The zero-order chi connectivity index (χ0) is 15.5. The van der Waals surface area contributed by atoms with Gasteiger partial charge in [-0.05, 0) is 60.6 Å². The van der Waals surface area contributed by atoms with Crippen molar-refractivity contribution in [3.63, 3.8) is 0 Å². The molecule has 0 saturated carbocycles. The van der Waals surface area contributed by atoms with Crippen molar-refractivity contribution in [1.82, 2.24) is 0 Å². The van der Waals surface area contributed by atoms with Gasteiger partial charge >= 0.3 is 0 Å². The molecule has 0 bridgehead atoms. The van der Waals surface area contributed by atoms with Crippen molar-refractivity contribution in [2.24, 2.45) is 0 Å². The van der Waals surface area contributed by atoms with Gasteiger partial charge < -0.3 is 0 Å². The molecular weight excluding hydrogens is 264 g/mol. The molecule has 3 rings (SSSR count). The summed E-state index contributed by atoms with van der Waals surface area (Å²) in [5, 5.41) is 0. The molecule has 3 aromatic rings. The maximum Gasteiger partial charge on any atom is -0.00144 e. The van der Waals surface area contributed by atoms with Gasteiger partial charge in [-0.15, -0.1) is 0 Å². The van der Waals surface area contributed by atoms with Crippen LogP contribution in [0.2, 0.25) is 0 Å². The van der Waals surface area contributed by atoms with E-state index < -0.39 is 0 Å². The summed E-state index contributed by atoms with van der Waals surface area (Å²) in [6.45, 7) is 6.61. The first kappa shape index (κ1) is 14.6. The average molecular weight is 286 g/mol. The first-order chi connectivity index (χ1) is 10.6. The molecular formula is C22H22. The van der Waals surface area contributed by atoms with Gasteiger partial charge in [0.25, 0.3) is 0 Å². The van der Waals surface area contributed by atoms with Crippen LogP contribution in [0.4, 0.5) is 0 Å². The first-order valence-electron chi connectivity index (χ1n) is 7.85. The normalized spacial score (nSPS) is 10.7. The van der Waals surface area contributed by atoms with Gasteiger partial charge in [0.05, 0.1) is 0 Å². The van der Waals surface area contributed by atoms with E-state index >= 15 is 0 Å². The lowest BCUT2D eigenvalue weighted by Gasteiger charge is -2.14. The lowest BCUT2D eigenvalue weighted by Crippen LogP contribution is -1.98. The van der Waals surface area contributed by atoms with E-state index in [2.05, 4.69) is 87.5 Å². The minimum atomic E-state index is 0.989. The van der Waals surface area contributed by atoms with Crippen molar-refractivity contribution in [2.75, 3.05) is 0 Å². The summed E-state index contributed by atoms with van der Waals surface area (Å²) in [5.41, 5.74) is 9.59. The van der Waals surface area contributed by atoms with Crippen LogP contribution in [0, 0.1) is 20.8 Å². The SMILES string of the molecule is Cc1cc(C)c(Cc2ccccc2-c2ccccc2)c(C)c1. The summed E-state index contributed by atoms with van der Waals surface area (Å²) in [6, 6.07) is 24.0.